The number of rotatable bonds is 41. The second-order valence-electron chi connectivity index (χ2n) is 23.7. The molecular formula is C57H108N22O9. The zero-order valence-corrected chi connectivity index (χ0v) is 51.6. The minimum Gasteiger partial charge on any atom is -0.370 e. The summed E-state index contributed by atoms with van der Waals surface area (Å²) in [7, 11) is 0. The molecule has 3 aliphatic rings. The highest BCUT2D eigenvalue weighted by atomic mass is 16.2. The Bertz CT molecular complexity index is 2270. The van der Waals surface area contributed by atoms with Gasteiger partial charge in [0, 0.05) is 55.5 Å². The van der Waals surface area contributed by atoms with E-state index in [1.807, 2.05) is 0 Å². The Hall–Kier alpha value is -7.12. The number of aliphatic imine (C=N–C) groups is 3. The van der Waals surface area contributed by atoms with E-state index >= 15 is 0 Å². The van der Waals surface area contributed by atoms with Crippen molar-refractivity contribution in [1.82, 2.24) is 42.5 Å². The van der Waals surface area contributed by atoms with Gasteiger partial charge in [0.1, 0.15) is 36.3 Å². The molecule has 0 heterocycles. The van der Waals surface area contributed by atoms with E-state index in [1.165, 1.54) is 0 Å². The normalized spacial score (nSPS) is 21.1. The lowest BCUT2D eigenvalue weighted by Crippen LogP contribution is -2.58. The van der Waals surface area contributed by atoms with E-state index in [9.17, 15) is 43.2 Å². The standard InChI is InChI=1S/C57H108N22O9/c58-28-4-1-10-40(46(62)80)74-51(85)45(15-9-33-71-57(67)68)79-54(88)44(14-8-32-70-56(65)66)76-49(83)36-20-26-39(27-21-36)73-50(84)41(11-2-5-29-59)77-52(86)42(12-3-6-30-60)78-53(87)43(13-7-31-69-55(63)64)75-48(82)35-18-24-38(25-19-35)72-47(81)34-16-22-37(61)23-17-34/h34-45H,1-33,58-61H2,(H2,62,80)(H,72,81)(H,73,84)(H,74,85)(H,75,82)(H,76,83)(H,77,86)(H,78,87)(H,79,88)(H4,63,64,69)(H4,65,66,70)(H4,67,68,71)/t34?,35?,36?,37?,38?,39?,40-,41-,42-,43-,44-,45-/m0/s1. The van der Waals surface area contributed by atoms with Crippen molar-refractivity contribution in [3.63, 3.8) is 0 Å². The third-order valence-electron chi connectivity index (χ3n) is 16.5. The van der Waals surface area contributed by atoms with E-state index in [-0.39, 0.29) is 125 Å². The predicted octanol–water partition coefficient (Wildman–Crippen LogP) is -4.20. The number of nitrogens with zero attached hydrogens (tertiary/aromatic N) is 3. The number of amides is 9. The van der Waals surface area contributed by atoms with Crippen LogP contribution in [0.5, 0.6) is 0 Å². The molecule has 0 aromatic carbocycles. The van der Waals surface area contributed by atoms with Crippen molar-refractivity contribution >= 4 is 71.0 Å². The Kier molecular flexibility index (Phi) is 35.8. The van der Waals surface area contributed by atoms with Gasteiger partial charge in [0.05, 0.1) is 0 Å². The lowest BCUT2D eigenvalue weighted by atomic mass is 9.83. The second kappa shape index (κ2) is 41.9. The molecule has 3 aliphatic carbocycles. The summed E-state index contributed by atoms with van der Waals surface area (Å²) >= 11 is 0. The van der Waals surface area contributed by atoms with E-state index in [1.54, 1.807) is 0 Å². The molecule has 0 spiro atoms. The van der Waals surface area contributed by atoms with Crippen LogP contribution in [-0.2, 0) is 43.2 Å². The first-order valence-corrected chi connectivity index (χ1v) is 31.8. The van der Waals surface area contributed by atoms with Crippen LogP contribution in [0, 0.1) is 17.8 Å². The molecule has 3 saturated carbocycles. The number of primary amides is 1. The third-order valence-corrected chi connectivity index (χ3v) is 16.5. The smallest absolute Gasteiger partial charge is 0.243 e. The fourth-order valence-corrected chi connectivity index (χ4v) is 11.3. The van der Waals surface area contributed by atoms with Crippen LogP contribution in [-0.4, -0.2) is 165 Å². The summed E-state index contributed by atoms with van der Waals surface area (Å²) in [6.45, 7) is 1.52. The van der Waals surface area contributed by atoms with Crippen LogP contribution in [0.4, 0.5) is 0 Å². The molecule has 88 heavy (non-hydrogen) atoms. The first-order chi connectivity index (χ1) is 42.0. The van der Waals surface area contributed by atoms with Gasteiger partial charge in [-0.25, -0.2) is 0 Å². The lowest BCUT2D eigenvalue weighted by Gasteiger charge is -2.32. The lowest BCUT2D eigenvalue weighted by molar-refractivity contribution is -0.135. The molecule has 3 rings (SSSR count). The molecule has 9 amide bonds. The molecule has 0 aromatic heterocycles. The van der Waals surface area contributed by atoms with Gasteiger partial charge in [-0.3, -0.25) is 58.1 Å². The van der Waals surface area contributed by atoms with Gasteiger partial charge >= 0.3 is 0 Å². The van der Waals surface area contributed by atoms with E-state index in [2.05, 4.69) is 57.5 Å². The van der Waals surface area contributed by atoms with Crippen molar-refractivity contribution in [2.24, 2.45) is 95.8 Å². The van der Waals surface area contributed by atoms with Gasteiger partial charge in [0.25, 0.3) is 0 Å². The topological polar surface area (TPSA) is 573 Å². The zero-order chi connectivity index (χ0) is 65.0. The minimum atomic E-state index is -1.18. The van der Waals surface area contributed by atoms with Crippen LogP contribution in [0.2, 0.25) is 0 Å². The molecule has 31 nitrogen and oxygen atoms in total. The average molecular weight is 1250 g/mol. The largest absolute Gasteiger partial charge is 0.370 e. The molecule has 30 N–H and O–H groups in total. The molecular weight excluding hydrogens is 1140 g/mol. The Balaban J connectivity index is 1.72. The molecule has 0 radical (unpaired) electrons. The van der Waals surface area contributed by atoms with Crippen LogP contribution in [0.3, 0.4) is 0 Å². The summed E-state index contributed by atoms with van der Waals surface area (Å²) in [5.41, 5.74) is 62.2. The van der Waals surface area contributed by atoms with Crippen molar-refractivity contribution in [2.75, 3.05) is 39.3 Å². The van der Waals surface area contributed by atoms with Crippen LogP contribution in [0.25, 0.3) is 0 Å². The number of unbranched alkanes of at least 4 members (excludes halogenated alkanes) is 3. The quantitative estimate of drug-likeness (QED) is 0.0157. The van der Waals surface area contributed by atoms with Gasteiger partial charge in [-0.15, -0.1) is 0 Å². The van der Waals surface area contributed by atoms with E-state index in [0.29, 0.717) is 116 Å². The number of carbonyl (C=O) groups is 9. The fourth-order valence-electron chi connectivity index (χ4n) is 11.3. The van der Waals surface area contributed by atoms with Gasteiger partial charge in [-0.05, 0) is 193 Å². The summed E-state index contributed by atoms with van der Waals surface area (Å²) in [4.78, 5) is 136. The highest BCUT2D eigenvalue weighted by Crippen LogP contribution is 2.28. The number of nitrogens with one attached hydrogen (secondary N) is 8. The highest BCUT2D eigenvalue weighted by Gasteiger charge is 2.36. The first kappa shape index (κ1) is 75.1. The monoisotopic (exact) mass is 1240 g/mol. The number of nitrogens with two attached hydrogens (primary N) is 11. The summed E-state index contributed by atoms with van der Waals surface area (Å²) < 4.78 is 0. The summed E-state index contributed by atoms with van der Waals surface area (Å²) in [5.74, 6) is -5.99. The molecule has 0 unspecified atom stereocenters. The van der Waals surface area contributed by atoms with Crippen molar-refractivity contribution in [3.8, 4) is 0 Å². The van der Waals surface area contributed by atoms with Crippen LogP contribution in [0.1, 0.15) is 173 Å². The van der Waals surface area contributed by atoms with Crippen molar-refractivity contribution in [3.05, 3.63) is 0 Å². The molecule has 6 atom stereocenters. The minimum absolute atomic E-state index is 0.0269. The zero-order valence-electron chi connectivity index (χ0n) is 51.6. The predicted molar refractivity (Wildman–Crippen MR) is 337 cm³/mol. The molecule has 0 aromatic rings. The van der Waals surface area contributed by atoms with Crippen LogP contribution < -0.4 is 106 Å². The van der Waals surface area contributed by atoms with Crippen molar-refractivity contribution in [1.29, 1.82) is 0 Å². The van der Waals surface area contributed by atoms with Crippen molar-refractivity contribution < 1.29 is 43.2 Å². The Morgan fingerprint density at radius 1 is 0.330 bits per heavy atom. The van der Waals surface area contributed by atoms with Crippen molar-refractivity contribution in [2.45, 2.75) is 228 Å². The molecule has 3 fully saturated rings. The maximum atomic E-state index is 14.3. The second-order valence-corrected chi connectivity index (χ2v) is 23.7. The van der Waals surface area contributed by atoms with Gasteiger partial charge in [0.15, 0.2) is 17.9 Å². The fraction of sp³-hybridized carbons (Fsp3) is 0.789. The SMILES string of the molecule is NCCCC[C@H](NC(=O)[C@H](CCCN=C(N)N)NC(=O)[C@H](CCCN=C(N)N)NC(=O)C1CCC(NC(=O)[C@H](CCCCN)NC(=O)[C@H](CCCCN)NC(=O)[C@H](CCCN=C(N)N)NC(=O)C2CCC(NC(=O)C3CCC(N)CC3)CC2)CC1)C(N)=O. The molecule has 500 valence electrons. The van der Waals surface area contributed by atoms with Gasteiger partial charge < -0.3 is 106 Å². The first-order valence-electron chi connectivity index (χ1n) is 31.8. The van der Waals surface area contributed by atoms with Crippen LogP contribution in [0.15, 0.2) is 15.0 Å². The molecule has 31 heteroatoms. The number of hydrogen-bond acceptors (Lipinski definition) is 16. The highest BCUT2D eigenvalue weighted by molar-refractivity contribution is 5.96. The summed E-state index contributed by atoms with van der Waals surface area (Å²) in [6.07, 6.45) is 11.7. The third kappa shape index (κ3) is 29.7. The van der Waals surface area contributed by atoms with Gasteiger partial charge in [-0.1, -0.05) is 0 Å². The summed E-state index contributed by atoms with van der Waals surface area (Å²) in [6, 6.07) is -6.89. The van der Waals surface area contributed by atoms with E-state index < -0.39 is 89.4 Å². The number of guanidine groups is 3. The number of carbonyl (C=O) groups excluding carboxylic acids is 9. The Morgan fingerprint density at radius 2 is 0.614 bits per heavy atom. The van der Waals surface area contributed by atoms with E-state index in [4.69, 9.17) is 63.1 Å². The van der Waals surface area contributed by atoms with Crippen LogP contribution >= 0.6 is 0 Å². The number of hydrogen-bond donors (Lipinski definition) is 19. The Labute approximate surface area is 517 Å². The summed E-state index contributed by atoms with van der Waals surface area (Å²) in [5, 5.41) is 23.2. The molecule has 0 aliphatic heterocycles. The molecule has 0 bridgehead atoms. The maximum Gasteiger partial charge on any atom is 0.243 e. The maximum absolute atomic E-state index is 14.3. The molecule has 0 saturated heterocycles. The van der Waals surface area contributed by atoms with Gasteiger partial charge in [-0.2, -0.15) is 0 Å². The average Bonchev–Trinajstić information content (AvgIpc) is 3.56. The van der Waals surface area contributed by atoms with E-state index in [0.717, 1.165) is 25.7 Å². The Morgan fingerprint density at radius 3 is 0.955 bits per heavy atom. The van der Waals surface area contributed by atoms with Gasteiger partial charge in [0.2, 0.25) is 53.2 Å².